The average Bonchev–Trinajstić information content (AvgIpc) is 3.10. The maximum Gasteiger partial charge on any atom is 0.310 e. The molecule has 0 saturated carbocycles. The van der Waals surface area contributed by atoms with Crippen molar-refractivity contribution in [2.45, 2.75) is 19.9 Å². The molecule has 1 aromatic carbocycles. The van der Waals surface area contributed by atoms with Crippen LogP contribution in [0.2, 0.25) is 5.15 Å². The minimum Gasteiger partial charge on any atom is -0.466 e. The molecule has 0 aliphatic rings. The smallest absolute Gasteiger partial charge is 0.310 e. The lowest BCUT2D eigenvalue weighted by molar-refractivity contribution is -0.142. The van der Waals surface area contributed by atoms with Crippen molar-refractivity contribution in [2.75, 3.05) is 6.61 Å². The third kappa shape index (κ3) is 4.36. The van der Waals surface area contributed by atoms with E-state index in [9.17, 15) is 13.6 Å². The summed E-state index contributed by atoms with van der Waals surface area (Å²) in [5.74, 6) is -1.53. The van der Waals surface area contributed by atoms with Gasteiger partial charge in [-0.3, -0.25) is 4.79 Å². The second-order valence-electron chi connectivity index (χ2n) is 6.61. The molecule has 0 N–H and O–H groups in total. The first kappa shape index (κ1) is 20.8. The van der Waals surface area contributed by atoms with E-state index >= 15 is 0 Å². The number of benzene rings is 1. The first-order valence-corrected chi connectivity index (χ1v) is 9.77. The van der Waals surface area contributed by atoms with Crippen molar-refractivity contribution in [1.82, 2.24) is 24.7 Å². The quantitative estimate of drug-likeness (QED) is 0.331. The van der Waals surface area contributed by atoms with Gasteiger partial charge in [-0.2, -0.15) is 5.10 Å². The van der Waals surface area contributed by atoms with Gasteiger partial charge in [-0.25, -0.2) is 28.4 Å². The van der Waals surface area contributed by atoms with E-state index in [-0.39, 0.29) is 36.1 Å². The Morgan fingerprint density at radius 2 is 2.03 bits per heavy atom. The highest BCUT2D eigenvalue weighted by Gasteiger charge is 2.19. The Hall–Kier alpha value is -3.46. The van der Waals surface area contributed by atoms with Crippen molar-refractivity contribution in [3.8, 4) is 11.5 Å². The van der Waals surface area contributed by atoms with Gasteiger partial charge in [0.05, 0.1) is 25.0 Å². The number of halogens is 3. The lowest BCUT2D eigenvalue weighted by Gasteiger charge is -2.05. The lowest BCUT2D eigenvalue weighted by atomic mass is 10.2. The highest BCUT2D eigenvalue weighted by Crippen LogP contribution is 2.27. The maximum atomic E-state index is 14.1. The van der Waals surface area contributed by atoms with Crippen LogP contribution in [-0.2, 0) is 22.5 Å². The fraction of sp³-hybridized carbons (Fsp3) is 0.190. The first-order valence-electron chi connectivity index (χ1n) is 9.39. The van der Waals surface area contributed by atoms with Crippen LogP contribution in [0.4, 0.5) is 8.78 Å². The Morgan fingerprint density at radius 3 is 2.77 bits per heavy atom. The van der Waals surface area contributed by atoms with Crippen LogP contribution in [-0.4, -0.2) is 37.3 Å². The van der Waals surface area contributed by atoms with Crippen LogP contribution in [0.25, 0.3) is 22.6 Å². The fourth-order valence-electron chi connectivity index (χ4n) is 3.08. The molecular weight excluding hydrogens is 428 g/mol. The van der Waals surface area contributed by atoms with Gasteiger partial charge < -0.3 is 4.74 Å². The van der Waals surface area contributed by atoms with E-state index in [0.29, 0.717) is 22.3 Å². The number of esters is 1. The fourth-order valence-corrected chi connectivity index (χ4v) is 3.28. The molecule has 31 heavy (non-hydrogen) atoms. The summed E-state index contributed by atoms with van der Waals surface area (Å²) in [6.07, 6.45) is 2.98. The molecule has 0 amide bonds. The predicted molar refractivity (Wildman–Crippen MR) is 109 cm³/mol. The Morgan fingerprint density at radius 1 is 1.19 bits per heavy atom. The summed E-state index contributed by atoms with van der Waals surface area (Å²) in [5, 5.41) is 5.24. The summed E-state index contributed by atoms with van der Waals surface area (Å²) in [6, 6.07) is 6.88. The van der Waals surface area contributed by atoms with E-state index in [4.69, 9.17) is 16.3 Å². The van der Waals surface area contributed by atoms with Crippen molar-refractivity contribution < 1.29 is 18.3 Å². The van der Waals surface area contributed by atoms with Crippen LogP contribution in [0.3, 0.4) is 0 Å². The highest BCUT2D eigenvalue weighted by molar-refractivity contribution is 6.30. The molecule has 3 aromatic heterocycles. The van der Waals surface area contributed by atoms with Crippen LogP contribution >= 0.6 is 11.6 Å². The average molecular weight is 444 g/mol. The molecule has 0 aliphatic carbocycles. The molecule has 0 spiro atoms. The molecule has 0 saturated heterocycles. The van der Waals surface area contributed by atoms with Crippen molar-refractivity contribution in [2.24, 2.45) is 0 Å². The van der Waals surface area contributed by atoms with Crippen LogP contribution in [0, 0.1) is 11.6 Å². The number of fused-ring (bicyclic) bond motifs is 1. The third-order valence-corrected chi connectivity index (χ3v) is 4.83. The molecule has 0 aliphatic heterocycles. The van der Waals surface area contributed by atoms with E-state index in [1.807, 2.05) is 0 Å². The molecule has 0 radical (unpaired) electrons. The third-order valence-electron chi connectivity index (χ3n) is 4.51. The van der Waals surface area contributed by atoms with E-state index in [2.05, 4.69) is 20.1 Å². The molecule has 4 rings (SSSR count). The van der Waals surface area contributed by atoms with Gasteiger partial charge in [0.25, 0.3) is 0 Å². The van der Waals surface area contributed by atoms with Crippen molar-refractivity contribution in [3.05, 3.63) is 70.6 Å². The summed E-state index contributed by atoms with van der Waals surface area (Å²) in [4.78, 5) is 24.6. The number of ether oxygens (including phenoxy) is 1. The molecule has 7 nitrogen and oxygen atoms in total. The summed E-state index contributed by atoms with van der Waals surface area (Å²) in [6.45, 7) is 2.02. The summed E-state index contributed by atoms with van der Waals surface area (Å²) in [7, 11) is 0. The Bertz CT molecular complexity index is 1280. The van der Waals surface area contributed by atoms with Gasteiger partial charge in [0.15, 0.2) is 11.5 Å². The zero-order valence-electron chi connectivity index (χ0n) is 16.3. The number of hydrogen-bond acceptors (Lipinski definition) is 6. The minimum absolute atomic E-state index is 0.0360. The van der Waals surface area contributed by atoms with Crippen LogP contribution in [0.1, 0.15) is 18.1 Å². The largest absolute Gasteiger partial charge is 0.466 e. The number of carbonyl (C=O) groups is 1. The van der Waals surface area contributed by atoms with Crippen LogP contribution in [0.15, 0.2) is 42.7 Å². The molecule has 0 bridgehead atoms. The van der Waals surface area contributed by atoms with Gasteiger partial charge in [-0.05, 0) is 25.1 Å². The molecule has 3 heterocycles. The second kappa shape index (κ2) is 8.73. The van der Waals surface area contributed by atoms with Gasteiger partial charge in [0, 0.05) is 29.6 Å². The SMILES string of the molecule is CCOC(=O)Cc1cnc(-c2nn(Cc3ccc(F)cc3F)c3ncccc23)nc1Cl. The molecule has 0 fully saturated rings. The summed E-state index contributed by atoms with van der Waals surface area (Å²) in [5.41, 5.74) is 1.57. The minimum atomic E-state index is -0.677. The topological polar surface area (TPSA) is 82.8 Å². The van der Waals surface area contributed by atoms with E-state index < -0.39 is 17.6 Å². The van der Waals surface area contributed by atoms with Crippen molar-refractivity contribution in [3.63, 3.8) is 0 Å². The second-order valence-corrected chi connectivity index (χ2v) is 6.97. The van der Waals surface area contributed by atoms with E-state index in [1.54, 1.807) is 25.3 Å². The Labute approximate surface area is 180 Å². The predicted octanol–water partition coefficient (Wildman–Crippen LogP) is 3.97. The number of aromatic nitrogens is 5. The van der Waals surface area contributed by atoms with Gasteiger partial charge in [-0.1, -0.05) is 17.7 Å². The van der Waals surface area contributed by atoms with Crippen LogP contribution < -0.4 is 0 Å². The van der Waals surface area contributed by atoms with Gasteiger partial charge in [0.1, 0.15) is 22.5 Å². The molecule has 10 heteroatoms. The monoisotopic (exact) mass is 443 g/mol. The number of rotatable bonds is 6. The molecule has 158 valence electrons. The number of carbonyl (C=O) groups excluding carboxylic acids is 1. The zero-order valence-corrected chi connectivity index (χ0v) is 17.1. The number of pyridine rings is 1. The van der Waals surface area contributed by atoms with Crippen LogP contribution in [0.5, 0.6) is 0 Å². The summed E-state index contributed by atoms with van der Waals surface area (Å²) >= 11 is 6.25. The van der Waals surface area contributed by atoms with Gasteiger partial charge in [-0.15, -0.1) is 0 Å². The molecule has 4 aromatic rings. The summed E-state index contributed by atoms with van der Waals surface area (Å²) < 4.78 is 33.8. The molecule has 0 atom stereocenters. The van der Waals surface area contributed by atoms with E-state index in [1.165, 1.54) is 23.0 Å². The lowest BCUT2D eigenvalue weighted by Crippen LogP contribution is -2.09. The Kier molecular flexibility index (Phi) is 5.85. The Balaban J connectivity index is 1.72. The highest BCUT2D eigenvalue weighted by atomic mass is 35.5. The van der Waals surface area contributed by atoms with E-state index in [0.717, 1.165) is 6.07 Å². The molecular formula is C21H16ClF2N5O2. The first-order chi connectivity index (χ1) is 15.0. The normalized spacial score (nSPS) is 11.1. The number of hydrogen-bond donors (Lipinski definition) is 0. The molecule has 0 unspecified atom stereocenters. The van der Waals surface area contributed by atoms with Gasteiger partial charge in [0.2, 0.25) is 0 Å². The van der Waals surface area contributed by atoms with Crippen molar-refractivity contribution in [1.29, 1.82) is 0 Å². The maximum absolute atomic E-state index is 14.1. The van der Waals surface area contributed by atoms with Crippen molar-refractivity contribution >= 4 is 28.6 Å². The number of nitrogens with zero attached hydrogens (tertiary/aromatic N) is 5. The standard InChI is InChI=1S/C21H16ClF2N5O2/c1-2-31-17(30)8-13-10-26-20(27-19(13)22)18-15-4-3-7-25-21(15)29(28-18)11-12-5-6-14(23)9-16(12)24/h3-7,9-10H,2,8,11H2,1H3. The van der Waals surface area contributed by atoms with Gasteiger partial charge >= 0.3 is 5.97 Å². The zero-order chi connectivity index (χ0) is 22.0.